The smallest absolute Gasteiger partial charge is 0.323 e. The Labute approximate surface area is 110 Å². The van der Waals surface area contributed by atoms with E-state index in [1.807, 2.05) is 0 Å². The third-order valence-electron chi connectivity index (χ3n) is 2.41. The van der Waals surface area contributed by atoms with Crippen LogP contribution in [0.3, 0.4) is 0 Å². The Bertz CT molecular complexity index is 433. The Kier molecular flexibility index (Phi) is 5.78. The summed E-state index contributed by atoms with van der Waals surface area (Å²) in [4.78, 5) is 23.5. The number of hydrogen-bond donors (Lipinski definition) is 1. The lowest BCUT2D eigenvalue weighted by atomic mass is 10.2. The van der Waals surface area contributed by atoms with Crippen LogP contribution < -0.4 is 4.90 Å². The van der Waals surface area contributed by atoms with Crippen LogP contribution in [-0.2, 0) is 14.3 Å². The van der Waals surface area contributed by atoms with Crippen LogP contribution in [0.1, 0.15) is 13.3 Å². The molecule has 6 heteroatoms. The van der Waals surface area contributed by atoms with Gasteiger partial charge in [0, 0.05) is 12.2 Å². The molecule has 1 N–H and O–H groups in total. The molecule has 0 saturated heterocycles. The second kappa shape index (κ2) is 7.35. The molecule has 5 nitrogen and oxygen atoms in total. The summed E-state index contributed by atoms with van der Waals surface area (Å²) in [6, 6.07) is 5.44. The van der Waals surface area contributed by atoms with Gasteiger partial charge in [-0.2, -0.15) is 0 Å². The number of anilines is 1. The Hall–Kier alpha value is -2.11. The predicted molar refractivity (Wildman–Crippen MR) is 67.5 cm³/mol. The molecule has 1 rings (SSSR count). The lowest BCUT2D eigenvalue weighted by Gasteiger charge is -2.22. The summed E-state index contributed by atoms with van der Waals surface area (Å²) >= 11 is 0. The number of aliphatic carboxylic acids is 1. The highest BCUT2D eigenvalue weighted by atomic mass is 19.1. The zero-order chi connectivity index (χ0) is 14.3. The van der Waals surface area contributed by atoms with Gasteiger partial charge in [0.2, 0.25) is 0 Å². The van der Waals surface area contributed by atoms with E-state index >= 15 is 0 Å². The minimum Gasteiger partial charge on any atom is -0.480 e. The van der Waals surface area contributed by atoms with Gasteiger partial charge in [-0.15, -0.1) is 0 Å². The van der Waals surface area contributed by atoms with E-state index in [0.29, 0.717) is 5.69 Å². The first-order valence-electron chi connectivity index (χ1n) is 5.91. The SMILES string of the molecule is CCOC(=O)CCN(CC(=O)O)c1ccc(F)cc1. The summed E-state index contributed by atoms with van der Waals surface area (Å²) in [5.41, 5.74) is 0.549. The summed E-state index contributed by atoms with van der Waals surface area (Å²) in [7, 11) is 0. The number of carboxylic acids is 1. The molecular formula is C13H16FNO4. The summed E-state index contributed by atoms with van der Waals surface area (Å²) in [6.45, 7) is 1.93. The fourth-order valence-electron chi connectivity index (χ4n) is 1.57. The largest absolute Gasteiger partial charge is 0.480 e. The Morgan fingerprint density at radius 1 is 1.32 bits per heavy atom. The summed E-state index contributed by atoms with van der Waals surface area (Å²) < 4.78 is 17.6. The van der Waals surface area contributed by atoms with E-state index in [4.69, 9.17) is 9.84 Å². The topological polar surface area (TPSA) is 66.8 Å². The molecule has 104 valence electrons. The molecular weight excluding hydrogens is 253 g/mol. The highest BCUT2D eigenvalue weighted by Crippen LogP contribution is 2.15. The van der Waals surface area contributed by atoms with Gasteiger partial charge in [-0.1, -0.05) is 0 Å². The van der Waals surface area contributed by atoms with Crippen LogP contribution in [0.15, 0.2) is 24.3 Å². The number of halogens is 1. The minimum absolute atomic E-state index is 0.0818. The number of esters is 1. The predicted octanol–water partition coefficient (Wildman–Crippen LogP) is 1.67. The van der Waals surface area contributed by atoms with E-state index in [1.54, 1.807) is 6.92 Å². The molecule has 0 saturated carbocycles. The molecule has 0 aliphatic carbocycles. The van der Waals surface area contributed by atoms with Crippen molar-refractivity contribution in [3.8, 4) is 0 Å². The lowest BCUT2D eigenvalue weighted by molar-refractivity contribution is -0.143. The van der Waals surface area contributed by atoms with Crippen LogP contribution in [-0.4, -0.2) is 36.7 Å². The van der Waals surface area contributed by atoms with Gasteiger partial charge < -0.3 is 14.7 Å². The van der Waals surface area contributed by atoms with E-state index in [0.717, 1.165) is 0 Å². The maximum atomic E-state index is 12.8. The highest BCUT2D eigenvalue weighted by molar-refractivity contribution is 5.75. The fraction of sp³-hybridized carbons (Fsp3) is 0.385. The highest BCUT2D eigenvalue weighted by Gasteiger charge is 2.13. The first kappa shape index (κ1) is 14.9. The minimum atomic E-state index is -1.02. The van der Waals surface area contributed by atoms with Crippen molar-refractivity contribution in [1.82, 2.24) is 0 Å². The van der Waals surface area contributed by atoms with Crippen molar-refractivity contribution in [2.24, 2.45) is 0 Å². The molecule has 0 bridgehead atoms. The molecule has 1 aromatic rings. The van der Waals surface area contributed by atoms with E-state index in [2.05, 4.69) is 0 Å². The van der Waals surface area contributed by atoms with Gasteiger partial charge in [0.1, 0.15) is 12.4 Å². The average molecular weight is 269 g/mol. The number of hydrogen-bond acceptors (Lipinski definition) is 4. The second-order valence-corrected chi connectivity index (χ2v) is 3.85. The van der Waals surface area contributed by atoms with Gasteiger partial charge in [-0.25, -0.2) is 4.39 Å². The number of ether oxygens (including phenoxy) is 1. The van der Waals surface area contributed by atoms with E-state index < -0.39 is 11.8 Å². The molecule has 0 spiro atoms. The van der Waals surface area contributed by atoms with Crippen LogP contribution in [0, 0.1) is 5.82 Å². The van der Waals surface area contributed by atoms with Gasteiger partial charge in [0.15, 0.2) is 0 Å². The molecule has 0 atom stereocenters. The molecule has 0 fully saturated rings. The van der Waals surface area contributed by atoms with Gasteiger partial charge in [0.05, 0.1) is 13.0 Å². The molecule has 0 aliphatic rings. The molecule has 19 heavy (non-hydrogen) atoms. The van der Waals surface area contributed by atoms with Crippen LogP contribution >= 0.6 is 0 Å². The standard InChI is InChI=1S/C13H16FNO4/c1-2-19-13(18)7-8-15(9-12(16)17)11-5-3-10(14)4-6-11/h3-6H,2,7-9H2,1H3,(H,16,17). The zero-order valence-electron chi connectivity index (χ0n) is 10.6. The van der Waals surface area contributed by atoms with Crippen molar-refractivity contribution in [2.45, 2.75) is 13.3 Å². The second-order valence-electron chi connectivity index (χ2n) is 3.85. The Morgan fingerprint density at radius 3 is 2.47 bits per heavy atom. The first-order valence-corrected chi connectivity index (χ1v) is 5.91. The number of benzene rings is 1. The summed E-state index contributed by atoms with van der Waals surface area (Å²) in [6.07, 6.45) is 0.0818. The first-order chi connectivity index (χ1) is 9.02. The fourth-order valence-corrected chi connectivity index (χ4v) is 1.57. The van der Waals surface area contributed by atoms with Crippen molar-refractivity contribution < 1.29 is 23.8 Å². The average Bonchev–Trinajstić information content (AvgIpc) is 2.35. The molecule has 0 radical (unpaired) electrons. The van der Waals surface area contributed by atoms with Crippen LogP contribution in [0.25, 0.3) is 0 Å². The maximum absolute atomic E-state index is 12.8. The van der Waals surface area contributed by atoms with Crippen molar-refractivity contribution in [1.29, 1.82) is 0 Å². The van der Waals surface area contributed by atoms with Crippen molar-refractivity contribution in [3.63, 3.8) is 0 Å². The van der Waals surface area contributed by atoms with E-state index in [9.17, 15) is 14.0 Å². The van der Waals surface area contributed by atoms with Crippen LogP contribution in [0.2, 0.25) is 0 Å². The van der Waals surface area contributed by atoms with E-state index in [1.165, 1.54) is 29.2 Å². The van der Waals surface area contributed by atoms with Crippen molar-refractivity contribution in [2.75, 3.05) is 24.6 Å². The number of carbonyl (C=O) groups is 2. The number of rotatable bonds is 7. The number of carbonyl (C=O) groups excluding carboxylic acids is 1. The lowest BCUT2D eigenvalue weighted by Crippen LogP contribution is -2.32. The molecule has 0 heterocycles. The number of carboxylic acid groups (broad SMARTS) is 1. The number of nitrogens with zero attached hydrogens (tertiary/aromatic N) is 1. The third kappa shape index (κ3) is 5.37. The van der Waals surface area contributed by atoms with Crippen LogP contribution in [0.4, 0.5) is 10.1 Å². The molecule has 0 amide bonds. The Balaban J connectivity index is 2.69. The van der Waals surface area contributed by atoms with Gasteiger partial charge in [-0.05, 0) is 31.2 Å². The monoisotopic (exact) mass is 269 g/mol. The van der Waals surface area contributed by atoms with Crippen molar-refractivity contribution >= 4 is 17.6 Å². The quantitative estimate of drug-likeness (QED) is 0.763. The summed E-state index contributed by atoms with van der Waals surface area (Å²) in [5, 5.41) is 8.84. The Morgan fingerprint density at radius 2 is 1.95 bits per heavy atom. The molecule has 0 aromatic heterocycles. The van der Waals surface area contributed by atoms with Gasteiger partial charge >= 0.3 is 11.9 Å². The maximum Gasteiger partial charge on any atom is 0.323 e. The summed E-state index contributed by atoms with van der Waals surface area (Å²) in [5.74, 6) is -1.81. The van der Waals surface area contributed by atoms with Crippen molar-refractivity contribution in [3.05, 3.63) is 30.1 Å². The van der Waals surface area contributed by atoms with Gasteiger partial charge in [0.25, 0.3) is 0 Å². The van der Waals surface area contributed by atoms with Crippen LogP contribution in [0.5, 0.6) is 0 Å². The zero-order valence-corrected chi connectivity index (χ0v) is 10.6. The van der Waals surface area contributed by atoms with E-state index in [-0.39, 0.29) is 32.1 Å². The normalized spacial score (nSPS) is 10.0. The van der Waals surface area contributed by atoms with Gasteiger partial charge in [-0.3, -0.25) is 9.59 Å². The molecule has 0 unspecified atom stereocenters. The third-order valence-corrected chi connectivity index (χ3v) is 2.41. The molecule has 1 aromatic carbocycles. The molecule has 0 aliphatic heterocycles.